The van der Waals surface area contributed by atoms with Crippen molar-refractivity contribution in [1.29, 1.82) is 0 Å². The highest BCUT2D eigenvalue weighted by Gasteiger charge is 2.40. The van der Waals surface area contributed by atoms with E-state index in [2.05, 4.69) is 10.0 Å². The van der Waals surface area contributed by atoms with Crippen LogP contribution in [0.15, 0.2) is 47.4 Å². The lowest BCUT2D eigenvalue weighted by molar-refractivity contribution is -0.147. The number of sulfonamides is 1. The number of cyclic esters (lactones) is 1. The number of rotatable bonds is 5. The van der Waals surface area contributed by atoms with Crippen molar-refractivity contribution in [1.82, 2.24) is 5.32 Å². The zero-order valence-corrected chi connectivity index (χ0v) is 17.6. The van der Waals surface area contributed by atoms with Gasteiger partial charge in [-0.3, -0.25) is 9.52 Å². The Hall–Kier alpha value is -2.87. The molecule has 2 N–H and O–H groups in total. The van der Waals surface area contributed by atoms with Crippen LogP contribution in [0.25, 0.3) is 0 Å². The van der Waals surface area contributed by atoms with E-state index in [1.165, 1.54) is 24.3 Å². The fourth-order valence-corrected chi connectivity index (χ4v) is 4.17. The summed E-state index contributed by atoms with van der Waals surface area (Å²) >= 11 is 0. The van der Waals surface area contributed by atoms with Gasteiger partial charge in [0.25, 0.3) is 15.9 Å². The first kappa shape index (κ1) is 20.9. The molecule has 7 nitrogen and oxygen atoms in total. The van der Waals surface area contributed by atoms with Gasteiger partial charge in [-0.05, 0) is 75.2 Å². The van der Waals surface area contributed by atoms with Crippen LogP contribution >= 0.6 is 0 Å². The van der Waals surface area contributed by atoms with Gasteiger partial charge in [0.15, 0.2) is 0 Å². The maximum atomic E-state index is 12.6. The molecule has 0 saturated carbocycles. The lowest BCUT2D eigenvalue weighted by Crippen LogP contribution is -2.38. The van der Waals surface area contributed by atoms with Crippen LogP contribution in [0.2, 0.25) is 0 Å². The molecule has 1 fully saturated rings. The monoisotopic (exact) mass is 416 g/mol. The molecule has 1 aliphatic heterocycles. The number of carbonyl (C=O) groups excluding carboxylic acids is 2. The molecule has 0 bridgehead atoms. The van der Waals surface area contributed by atoms with Crippen molar-refractivity contribution in [3.8, 4) is 0 Å². The first-order valence-electron chi connectivity index (χ1n) is 9.21. The zero-order valence-electron chi connectivity index (χ0n) is 16.8. The number of nitrogens with one attached hydrogen (secondary N) is 2. The molecule has 1 atom stereocenters. The molecule has 0 unspecified atom stereocenters. The number of ether oxygens (including phenoxy) is 1. The fourth-order valence-electron chi connectivity index (χ4n) is 3.12. The Balaban J connectivity index is 1.71. The molecule has 29 heavy (non-hydrogen) atoms. The van der Waals surface area contributed by atoms with E-state index in [1.54, 1.807) is 26.0 Å². The Labute approximate surface area is 170 Å². The van der Waals surface area contributed by atoms with E-state index < -0.39 is 33.5 Å². The van der Waals surface area contributed by atoms with Gasteiger partial charge in [-0.1, -0.05) is 6.07 Å². The number of carbonyl (C=O) groups is 2. The molecule has 154 valence electrons. The molecule has 3 rings (SSSR count). The van der Waals surface area contributed by atoms with Crippen LogP contribution in [0.4, 0.5) is 5.69 Å². The molecule has 2 aromatic carbocycles. The molecule has 0 aromatic heterocycles. The predicted octanol–water partition coefficient (Wildman–Crippen LogP) is 2.93. The number of esters is 1. The number of amides is 1. The van der Waals surface area contributed by atoms with Gasteiger partial charge in [-0.25, -0.2) is 13.2 Å². The van der Waals surface area contributed by atoms with Crippen molar-refractivity contribution in [3.63, 3.8) is 0 Å². The summed E-state index contributed by atoms with van der Waals surface area (Å²) in [4.78, 5) is 24.3. The Morgan fingerprint density at radius 1 is 1.07 bits per heavy atom. The van der Waals surface area contributed by atoms with Crippen molar-refractivity contribution >= 4 is 27.6 Å². The molecule has 0 spiro atoms. The summed E-state index contributed by atoms with van der Waals surface area (Å²) in [6, 6.07) is 10.1. The van der Waals surface area contributed by atoms with Gasteiger partial charge in [0.2, 0.25) is 0 Å². The molecule has 1 saturated heterocycles. The molecule has 8 heteroatoms. The van der Waals surface area contributed by atoms with Crippen molar-refractivity contribution in [3.05, 3.63) is 59.2 Å². The van der Waals surface area contributed by atoms with Crippen LogP contribution in [-0.2, 0) is 19.6 Å². The van der Waals surface area contributed by atoms with Gasteiger partial charge in [0, 0.05) is 17.7 Å². The number of hydrogen-bond acceptors (Lipinski definition) is 5. The maximum Gasteiger partial charge on any atom is 0.329 e. The normalized spacial score (nSPS) is 18.2. The second-order valence-electron chi connectivity index (χ2n) is 7.84. The number of aryl methyl sites for hydroxylation is 2. The Kier molecular flexibility index (Phi) is 5.40. The first-order chi connectivity index (χ1) is 13.5. The van der Waals surface area contributed by atoms with Gasteiger partial charge in [-0.15, -0.1) is 0 Å². The highest BCUT2D eigenvalue weighted by Crippen LogP contribution is 2.26. The average Bonchev–Trinajstić information content (AvgIpc) is 2.89. The van der Waals surface area contributed by atoms with Crippen LogP contribution in [0.1, 0.15) is 41.8 Å². The van der Waals surface area contributed by atoms with Crippen LogP contribution in [0.5, 0.6) is 0 Å². The molecule has 1 aliphatic rings. The van der Waals surface area contributed by atoms with E-state index in [0.717, 1.165) is 11.1 Å². The third-order valence-corrected chi connectivity index (χ3v) is 6.25. The highest BCUT2D eigenvalue weighted by molar-refractivity contribution is 7.92. The molecule has 1 amide bonds. The Bertz CT molecular complexity index is 1060. The molecular weight excluding hydrogens is 392 g/mol. The van der Waals surface area contributed by atoms with E-state index in [0.29, 0.717) is 12.1 Å². The summed E-state index contributed by atoms with van der Waals surface area (Å²) < 4.78 is 32.9. The summed E-state index contributed by atoms with van der Waals surface area (Å²) in [5, 5.41) is 2.63. The second kappa shape index (κ2) is 7.51. The summed E-state index contributed by atoms with van der Waals surface area (Å²) in [6.07, 6.45) is 0.379. The standard InChI is InChI=1S/C21H24N2O5S/c1-13-5-8-16(11-14(13)2)23-29(26,27)17-9-6-15(7-10-17)19(24)22-18-12-21(3,4)28-20(18)25/h5-11,18,23H,12H2,1-4H3,(H,22,24)/t18-/m1/s1. The first-order valence-corrected chi connectivity index (χ1v) is 10.7. The van der Waals surface area contributed by atoms with Gasteiger partial charge in [-0.2, -0.15) is 0 Å². The molecule has 0 radical (unpaired) electrons. The van der Waals surface area contributed by atoms with Crippen molar-refractivity contribution in [2.24, 2.45) is 0 Å². The molecule has 1 heterocycles. The highest BCUT2D eigenvalue weighted by atomic mass is 32.2. The van der Waals surface area contributed by atoms with Crippen LogP contribution in [0, 0.1) is 13.8 Å². The fraction of sp³-hybridized carbons (Fsp3) is 0.333. The van der Waals surface area contributed by atoms with Crippen LogP contribution in [-0.4, -0.2) is 31.9 Å². The topological polar surface area (TPSA) is 102 Å². The average molecular weight is 416 g/mol. The largest absolute Gasteiger partial charge is 0.458 e. The SMILES string of the molecule is Cc1ccc(NS(=O)(=O)c2ccc(C(=O)N[C@@H]3CC(C)(C)OC3=O)cc2)cc1C. The third kappa shape index (κ3) is 4.76. The van der Waals surface area contributed by atoms with E-state index >= 15 is 0 Å². The molecular formula is C21H24N2O5S. The van der Waals surface area contributed by atoms with Crippen molar-refractivity contribution < 1.29 is 22.7 Å². The quantitative estimate of drug-likeness (QED) is 0.730. The second-order valence-corrected chi connectivity index (χ2v) is 9.52. The van der Waals surface area contributed by atoms with Gasteiger partial charge >= 0.3 is 5.97 Å². The predicted molar refractivity (Wildman–Crippen MR) is 109 cm³/mol. The molecule has 0 aliphatic carbocycles. The minimum absolute atomic E-state index is 0.0358. The summed E-state index contributed by atoms with van der Waals surface area (Å²) in [5.41, 5.74) is 2.15. The lowest BCUT2D eigenvalue weighted by atomic mass is 10.0. The van der Waals surface area contributed by atoms with E-state index in [9.17, 15) is 18.0 Å². The van der Waals surface area contributed by atoms with Crippen LogP contribution < -0.4 is 10.0 Å². The van der Waals surface area contributed by atoms with E-state index in [4.69, 9.17) is 4.74 Å². The van der Waals surface area contributed by atoms with E-state index in [-0.39, 0.29) is 10.5 Å². The number of hydrogen-bond donors (Lipinski definition) is 2. The Morgan fingerprint density at radius 3 is 2.28 bits per heavy atom. The van der Waals surface area contributed by atoms with Crippen LogP contribution in [0.3, 0.4) is 0 Å². The van der Waals surface area contributed by atoms with Crippen molar-refractivity contribution in [2.45, 2.75) is 50.7 Å². The zero-order chi connectivity index (χ0) is 21.4. The van der Waals surface area contributed by atoms with Crippen molar-refractivity contribution in [2.75, 3.05) is 4.72 Å². The van der Waals surface area contributed by atoms with Gasteiger partial charge < -0.3 is 10.1 Å². The molecule has 2 aromatic rings. The smallest absolute Gasteiger partial charge is 0.329 e. The maximum absolute atomic E-state index is 12.6. The Morgan fingerprint density at radius 2 is 1.72 bits per heavy atom. The summed E-state index contributed by atoms with van der Waals surface area (Å²) in [5.74, 6) is -0.934. The lowest BCUT2D eigenvalue weighted by Gasteiger charge is -2.14. The van der Waals surface area contributed by atoms with E-state index in [1.807, 2.05) is 19.9 Å². The summed E-state index contributed by atoms with van der Waals surface area (Å²) in [7, 11) is -3.79. The minimum Gasteiger partial charge on any atom is -0.458 e. The number of anilines is 1. The summed E-state index contributed by atoms with van der Waals surface area (Å²) in [6.45, 7) is 7.41. The van der Waals surface area contributed by atoms with Gasteiger partial charge in [0.05, 0.1) is 4.90 Å². The van der Waals surface area contributed by atoms with Gasteiger partial charge in [0.1, 0.15) is 11.6 Å². The third-order valence-electron chi connectivity index (χ3n) is 4.85. The number of benzene rings is 2. The minimum atomic E-state index is -3.79.